The highest BCUT2D eigenvalue weighted by atomic mass is 16.5. The van der Waals surface area contributed by atoms with Crippen LogP contribution in [0.3, 0.4) is 0 Å². The summed E-state index contributed by atoms with van der Waals surface area (Å²) < 4.78 is 6.11. The molecule has 3 heteroatoms. The topological polar surface area (TPSA) is 34.1 Å². The molecule has 0 atom stereocenters. The normalized spacial score (nSPS) is 12.1. The number of aromatic nitrogens is 1. The van der Waals surface area contributed by atoms with Crippen LogP contribution in [0.2, 0.25) is 0 Å². The van der Waals surface area contributed by atoms with E-state index in [2.05, 4.69) is 16.9 Å². The molecule has 2 aromatic carbocycles. The molecule has 3 aromatic rings. The smallest absolute Gasteiger partial charge is 0.158 e. The van der Waals surface area contributed by atoms with E-state index in [0.717, 1.165) is 39.6 Å². The van der Waals surface area contributed by atoms with Gasteiger partial charge in [-0.3, -0.25) is 4.98 Å². The van der Waals surface area contributed by atoms with Gasteiger partial charge in [0.2, 0.25) is 0 Å². The van der Waals surface area contributed by atoms with Crippen LogP contribution in [-0.2, 0) is 0 Å². The molecule has 3 nitrogen and oxygen atoms in total. The Morgan fingerprint density at radius 1 is 0.909 bits per heavy atom. The number of para-hydroxylation sites is 2. The zero-order chi connectivity index (χ0) is 14.9. The minimum Gasteiger partial charge on any atom is -0.454 e. The fraction of sp³-hybridized carbons (Fsp3) is 0. The quantitative estimate of drug-likeness (QED) is 0.563. The van der Waals surface area contributed by atoms with Crippen molar-refractivity contribution in [2.75, 3.05) is 5.32 Å². The first-order valence-electron chi connectivity index (χ1n) is 7.09. The van der Waals surface area contributed by atoms with E-state index in [-0.39, 0.29) is 0 Å². The molecule has 1 aliphatic rings. The summed E-state index contributed by atoms with van der Waals surface area (Å²) in [4.78, 5) is 4.12. The van der Waals surface area contributed by atoms with Gasteiger partial charge in [0.15, 0.2) is 5.75 Å². The molecule has 0 unspecified atom stereocenters. The number of rotatable bonds is 2. The van der Waals surface area contributed by atoms with E-state index in [1.165, 1.54) is 0 Å². The van der Waals surface area contributed by atoms with Gasteiger partial charge in [0.25, 0.3) is 0 Å². The van der Waals surface area contributed by atoms with Gasteiger partial charge in [0.05, 0.1) is 17.6 Å². The second-order valence-corrected chi connectivity index (χ2v) is 5.13. The van der Waals surface area contributed by atoms with Crippen molar-refractivity contribution in [3.05, 3.63) is 84.7 Å². The average Bonchev–Trinajstić information content (AvgIpc) is 2.57. The van der Waals surface area contributed by atoms with Crippen LogP contribution in [0.1, 0.15) is 11.1 Å². The maximum atomic E-state index is 6.11. The van der Waals surface area contributed by atoms with E-state index in [1.54, 1.807) is 12.4 Å². The molecular weight excluding hydrogens is 272 g/mol. The van der Waals surface area contributed by atoms with E-state index in [9.17, 15) is 0 Å². The molecule has 0 bridgehead atoms. The predicted octanol–water partition coefficient (Wildman–Crippen LogP) is 4.99. The van der Waals surface area contributed by atoms with Crippen LogP contribution < -0.4 is 10.1 Å². The summed E-state index contributed by atoms with van der Waals surface area (Å²) in [6.07, 6.45) is 3.53. The number of benzene rings is 2. The average molecular weight is 286 g/mol. The largest absolute Gasteiger partial charge is 0.454 e. The Hall–Kier alpha value is -3.07. The number of hydrogen-bond acceptors (Lipinski definition) is 3. The van der Waals surface area contributed by atoms with Gasteiger partial charge in [0.1, 0.15) is 5.75 Å². The molecule has 0 saturated heterocycles. The fourth-order valence-corrected chi connectivity index (χ4v) is 2.64. The summed E-state index contributed by atoms with van der Waals surface area (Å²) in [7, 11) is 0. The number of nitrogens with one attached hydrogen (secondary N) is 1. The SMILES string of the molecule is C=C1c2ccccc2Oc2c(Nc3cccnc3)cccc21. The summed E-state index contributed by atoms with van der Waals surface area (Å²) in [5, 5.41) is 3.35. The third kappa shape index (κ3) is 2.04. The van der Waals surface area contributed by atoms with E-state index in [1.807, 2.05) is 54.6 Å². The first-order valence-corrected chi connectivity index (χ1v) is 7.09. The van der Waals surface area contributed by atoms with Crippen LogP contribution in [-0.4, -0.2) is 4.98 Å². The maximum absolute atomic E-state index is 6.11. The highest BCUT2D eigenvalue weighted by molar-refractivity contribution is 5.90. The zero-order valence-corrected chi connectivity index (χ0v) is 11.9. The molecule has 0 amide bonds. The van der Waals surface area contributed by atoms with Gasteiger partial charge in [-0.1, -0.05) is 36.9 Å². The third-order valence-corrected chi connectivity index (χ3v) is 3.70. The van der Waals surface area contributed by atoms with Crippen molar-refractivity contribution >= 4 is 16.9 Å². The Kier molecular flexibility index (Phi) is 2.90. The highest BCUT2D eigenvalue weighted by Gasteiger charge is 2.22. The molecule has 2 heterocycles. The molecule has 0 fully saturated rings. The minimum absolute atomic E-state index is 0.801. The number of anilines is 2. The Morgan fingerprint density at radius 3 is 2.64 bits per heavy atom. The molecule has 4 rings (SSSR count). The summed E-state index contributed by atoms with van der Waals surface area (Å²) in [5.74, 6) is 1.63. The van der Waals surface area contributed by atoms with Crippen LogP contribution in [0, 0.1) is 0 Å². The monoisotopic (exact) mass is 286 g/mol. The van der Waals surface area contributed by atoms with Crippen molar-refractivity contribution in [3.8, 4) is 11.5 Å². The van der Waals surface area contributed by atoms with Crippen molar-refractivity contribution in [1.29, 1.82) is 0 Å². The minimum atomic E-state index is 0.801. The van der Waals surface area contributed by atoms with E-state index in [4.69, 9.17) is 4.74 Å². The standard InChI is InChI=1S/C19H14N2O/c1-13-15-7-2-3-10-18(15)22-19-16(13)8-4-9-17(19)21-14-6-5-11-20-12-14/h2-12,21H,1H2. The summed E-state index contributed by atoms with van der Waals surface area (Å²) >= 11 is 0. The number of ether oxygens (including phenoxy) is 1. The molecule has 0 radical (unpaired) electrons. The lowest BCUT2D eigenvalue weighted by atomic mass is 9.95. The second kappa shape index (κ2) is 5.04. The van der Waals surface area contributed by atoms with Gasteiger partial charge < -0.3 is 10.1 Å². The molecule has 0 spiro atoms. The first kappa shape index (κ1) is 12.7. The van der Waals surface area contributed by atoms with Crippen molar-refractivity contribution in [3.63, 3.8) is 0 Å². The van der Waals surface area contributed by atoms with Crippen LogP contribution in [0.25, 0.3) is 5.57 Å². The molecule has 106 valence electrons. The van der Waals surface area contributed by atoms with E-state index < -0.39 is 0 Å². The molecule has 0 saturated carbocycles. The van der Waals surface area contributed by atoms with Gasteiger partial charge >= 0.3 is 0 Å². The lowest BCUT2D eigenvalue weighted by Crippen LogP contribution is -2.04. The molecule has 1 N–H and O–H groups in total. The lowest BCUT2D eigenvalue weighted by Gasteiger charge is -2.24. The van der Waals surface area contributed by atoms with E-state index >= 15 is 0 Å². The molecule has 0 aliphatic carbocycles. The molecule has 22 heavy (non-hydrogen) atoms. The summed E-state index contributed by atoms with van der Waals surface area (Å²) in [6, 6.07) is 17.8. The van der Waals surface area contributed by atoms with Crippen LogP contribution in [0.5, 0.6) is 11.5 Å². The van der Waals surface area contributed by atoms with Gasteiger partial charge in [-0.15, -0.1) is 0 Å². The number of hydrogen-bond donors (Lipinski definition) is 1. The molecule has 1 aromatic heterocycles. The third-order valence-electron chi connectivity index (χ3n) is 3.70. The fourth-order valence-electron chi connectivity index (χ4n) is 2.64. The van der Waals surface area contributed by atoms with Crippen LogP contribution in [0.15, 0.2) is 73.6 Å². The highest BCUT2D eigenvalue weighted by Crippen LogP contribution is 2.46. The second-order valence-electron chi connectivity index (χ2n) is 5.13. The summed E-state index contributed by atoms with van der Waals surface area (Å²) in [6.45, 7) is 4.22. The Labute approximate surface area is 128 Å². The number of pyridine rings is 1. The van der Waals surface area contributed by atoms with Crippen molar-refractivity contribution in [2.24, 2.45) is 0 Å². The Morgan fingerprint density at radius 2 is 1.77 bits per heavy atom. The Bertz CT molecular complexity index is 856. The van der Waals surface area contributed by atoms with Crippen LogP contribution >= 0.6 is 0 Å². The van der Waals surface area contributed by atoms with Crippen molar-refractivity contribution in [2.45, 2.75) is 0 Å². The van der Waals surface area contributed by atoms with Gasteiger partial charge in [0, 0.05) is 17.3 Å². The molecule has 1 aliphatic heterocycles. The van der Waals surface area contributed by atoms with Crippen molar-refractivity contribution < 1.29 is 4.74 Å². The number of fused-ring (bicyclic) bond motifs is 2. The Balaban J connectivity index is 1.79. The first-order chi connectivity index (χ1) is 10.8. The molecular formula is C19H14N2O. The van der Waals surface area contributed by atoms with E-state index in [0.29, 0.717) is 0 Å². The van der Waals surface area contributed by atoms with Gasteiger partial charge in [-0.25, -0.2) is 0 Å². The predicted molar refractivity (Wildman–Crippen MR) is 88.6 cm³/mol. The van der Waals surface area contributed by atoms with Gasteiger partial charge in [-0.2, -0.15) is 0 Å². The van der Waals surface area contributed by atoms with Gasteiger partial charge in [-0.05, 0) is 29.8 Å². The lowest BCUT2D eigenvalue weighted by molar-refractivity contribution is 0.476. The maximum Gasteiger partial charge on any atom is 0.158 e. The van der Waals surface area contributed by atoms with Crippen LogP contribution in [0.4, 0.5) is 11.4 Å². The van der Waals surface area contributed by atoms with Crippen molar-refractivity contribution in [1.82, 2.24) is 4.98 Å². The number of nitrogens with zero attached hydrogens (tertiary/aromatic N) is 1. The summed E-state index contributed by atoms with van der Waals surface area (Å²) in [5.41, 5.74) is 4.85. The zero-order valence-electron chi connectivity index (χ0n) is 11.9.